The lowest BCUT2D eigenvalue weighted by Gasteiger charge is -2.45. The molecule has 2 aliphatic heterocycles. The standard InChI is InChI=1S/C17H22N2O3.ClH/c20-15-5-6-17(7-9-18-10-8-17)12-19(15)11-13-1-3-14(4-2-13)16(21)22;/h1-4,18H,5-12H2,(H,21,22);1H. The summed E-state index contributed by atoms with van der Waals surface area (Å²) in [6, 6.07) is 6.82. The van der Waals surface area contributed by atoms with Gasteiger partial charge in [-0.15, -0.1) is 12.4 Å². The molecule has 1 aromatic carbocycles. The quantitative estimate of drug-likeness (QED) is 0.887. The van der Waals surface area contributed by atoms with Crippen molar-refractivity contribution in [1.82, 2.24) is 10.2 Å². The Morgan fingerprint density at radius 2 is 1.83 bits per heavy atom. The van der Waals surface area contributed by atoms with Gasteiger partial charge in [0.15, 0.2) is 0 Å². The van der Waals surface area contributed by atoms with Crippen LogP contribution in [0.3, 0.4) is 0 Å². The van der Waals surface area contributed by atoms with Crippen LogP contribution in [0.15, 0.2) is 24.3 Å². The van der Waals surface area contributed by atoms with E-state index < -0.39 is 5.97 Å². The third-order valence-corrected chi connectivity index (χ3v) is 4.99. The molecule has 2 aliphatic rings. The summed E-state index contributed by atoms with van der Waals surface area (Å²) in [6.45, 7) is 3.48. The van der Waals surface area contributed by atoms with Gasteiger partial charge in [0.05, 0.1) is 5.56 Å². The Labute approximate surface area is 142 Å². The van der Waals surface area contributed by atoms with Crippen LogP contribution in [-0.2, 0) is 11.3 Å². The molecule has 6 heteroatoms. The van der Waals surface area contributed by atoms with E-state index in [1.54, 1.807) is 24.3 Å². The van der Waals surface area contributed by atoms with Gasteiger partial charge in [0.25, 0.3) is 0 Å². The molecule has 0 radical (unpaired) electrons. The molecule has 0 saturated carbocycles. The molecule has 2 heterocycles. The van der Waals surface area contributed by atoms with Gasteiger partial charge in [0.1, 0.15) is 0 Å². The zero-order chi connectivity index (χ0) is 15.6. The average Bonchev–Trinajstić information content (AvgIpc) is 2.53. The van der Waals surface area contributed by atoms with Crippen LogP contribution in [0.5, 0.6) is 0 Å². The molecule has 2 saturated heterocycles. The normalized spacial score (nSPS) is 20.2. The first-order valence-electron chi connectivity index (χ1n) is 7.89. The van der Waals surface area contributed by atoms with Gasteiger partial charge in [-0.05, 0) is 55.5 Å². The molecule has 126 valence electrons. The lowest BCUT2D eigenvalue weighted by atomic mass is 9.72. The number of nitrogens with one attached hydrogen (secondary N) is 1. The maximum atomic E-state index is 12.2. The maximum absolute atomic E-state index is 12.2. The third-order valence-electron chi connectivity index (χ3n) is 4.99. The fourth-order valence-electron chi connectivity index (χ4n) is 3.58. The molecule has 0 bridgehead atoms. The highest BCUT2D eigenvalue weighted by atomic mass is 35.5. The van der Waals surface area contributed by atoms with Gasteiger partial charge in [-0.25, -0.2) is 4.79 Å². The minimum atomic E-state index is -0.922. The summed E-state index contributed by atoms with van der Waals surface area (Å²) in [4.78, 5) is 25.1. The monoisotopic (exact) mass is 338 g/mol. The summed E-state index contributed by atoms with van der Waals surface area (Å²) in [5, 5.41) is 12.3. The molecule has 1 amide bonds. The number of nitrogens with zero attached hydrogens (tertiary/aromatic N) is 1. The number of hydrogen-bond donors (Lipinski definition) is 2. The van der Waals surface area contributed by atoms with Crippen LogP contribution in [0.4, 0.5) is 0 Å². The van der Waals surface area contributed by atoms with Crippen LogP contribution in [0, 0.1) is 5.41 Å². The van der Waals surface area contributed by atoms with Gasteiger partial charge in [-0.1, -0.05) is 12.1 Å². The fourth-order valence-corrected chi connectivity index (χ4v) is 3.58. The van der Waals surface area contributed by atoms with E-state index in [1.165, 1.54) is 0 Å². The lowest BCUT2D eigenvalue weighted by molar-refractivity contribution is -0.139. The zero-order valence-electron chi connectivity index (χ0n) is 13.1. The number of piperidine rings is 2. The summed E-state index contributed by atoms with van der Waals surface area (Å²) in [5.41, 5.74) is 1.55. The van der Waals surface area contributed by atoms with Gasteiger partial charge in [0, 0.05) is 19.5 Å². The molecule has 2 N–H and O–H groups in total. The van der Waals surface area contributed by atoms with Gasteiger partial charge >= 0.3 is 5.97 Å². The Hall–Kier alpha value is -1.59. The van der Waals surface area contributed by atoms with Gasteiger partial charge in [-0.3, -0.25) is 4.79 Å². The molecule has 0 aliphatic carbocycles. The number of rotatable bonds is 3. The van der Waals surface area contributed by atoms with Crippen LogP contribution >= 0.6 is 12.4 Å². The second-order valence-electron chi connectivity index (χ2n) is 6.50. The Bertz CT molecular complexity index is 568. The highest BCUT2D eigenvalue weighted by Crippen LogP contribution is 2.38. The highest BCUT2D eigenvalue weighted by molar-refractivity contribution is 5.87. The van der Waals surface area contributed by atoms with E-state index in [-0.39, 0.29) is 29.3 Å². The van der Waals surface area contributed by atoms with E-state index in [1.807, 2.05) is 4.90 Å². The van der Waals surface area contributed by atoms with Crippen LogP contribution in [0.2, 0.25) is 0 Å². The first kappa shape index (κ1) is 17.8. The predicted molar refractivity (Wildman–Crippen MR) is 89.8 cm³/mol. The number of aromatic carboxylic acids is 1. The van der Waals surface area contributed by atoms with Crippen LogP contribution < -0.4 is 5.32 Å². The fraction of sp³-hybridized carbons (Fsp3) is 0.529. The number of carboxylic acids is 1. The second-order valence-corrected chi connectivity index (χ2v) is 6.50. The van der Waals surface area contributed by atoms with Crippen LogP contribution in [0.25, 0.3) is 0 Å². The van der Waals surface area contributed by atoms with Crippen molar-refractivity contribution in [3.8, 4) is 0 Å². The van der Waals surface area contributed by atoms with E-state index in [0.29, 0.717) is 13.0 Å². The lowest BCUT2D eigenvalue weighted by Crippen LogP contribution is -2.50. The number of carbonyl (C=O) groups is 2. The predicted octanol–water partition coefficient (Wildman–Crippen LogP) is 2.30. The first-order valence-corrected chi connectivity index (χ1v) is 7.89. The number of benzene rings is 1. The van der Waals surface area contributed by atoms with E-state index >= 15 is 0 Å². The summed E-state index contributed by atoms with van der Waals surface area (Å²) in [6.07, 6.45) is 3.90. The maximum Gasteiger partial charge on any atom is 0.335 e. The number of hydrogen-bond acceptors (Lipinski definition) is 3. The molecular formula is C17H23ClN2O3. The second kappa shape index (κ2) is 7.32. The first-order chi connectivity index (χ1) is 10.6. The minimum absolute atomic E-state index is 0. The molecule has 0 aromatic heterocycles. The zero-order valence-corrected chi connectivity index (χ0v) is 13.9. The SMILES string of the molecule is Cl.O=C(O)c1ccc(CN2CC3(CCNCC3)CCC2=O)cc1. The molecule has 1 spiro atoms. The Morgan fingerprint density at radius 1 is 1.17 bits per heavy atom. The average molecular weight is 339 g/mol. The van der Waals surface area contributed by atoms with E-state index in [9.17, 15) is 9.59 Å². The summed E-state index contributed by atoms with van der Waals surface area (Å²) in [5.74, 6) is -0.708. The van der Waals surface area contributed by atoms with Gasteiger partial charge in [0.2, 0.25) is 5.91 Å². The number of carbonyl (C=O) groups excluding carboxylic acids is 1. The van der Waals surface area contributed by atoms with Crippen molar-refractivity contribution < 1.29 is 14.7 Å². The number of carboxylic acid groups (broad SMARTS) is 1. The van der Waals surface area contributed by atoms with Gasteiger partial charge in [-0.2, -0.15) is 0 Å². The Kier molecular flexibility index (Phi) is 5.65. The highest BCUT2D eigenvalue weighted by Gasteiger charge is 2.39. The van der Waals surface area contributed by atoms with Crippen molar-refractivity contribution >= 4 is 24.3 Å². The number of likely N-dealkylation sites (tertiary alicyclic amines) is 1. The third kappa shape index (κ3) is 4.03. The van der Waals surface area contributed by atoms with Crippen molar-refractivity contribution in [3.63, 3.8) is 0 Å². The van der Waals surface area contributed by atoms with E-state index in [0.717, 1.165) is 44.5 Å². The Balaban J connectivity index is 0.00000192. The largest absolute Gasteiger partial charge is 0.478 e. The Morgan fingerprint density at radius 3 is 2.43 bits per heavy atom. The molecule has 0 unspecified atom stereocenters. The summed E-state index contributed by atoms with van der Waals surface area (Å²) in [7, 11) is 0. The number of halogens is 1. The molecule has 2 fully saturated rings. The molecular weight excluding hydrogens is 316 g/mol. The van der Waals surface area contributed by atoms with Crippen molar-refractivity contribution in [1.29, 1.82) is 0 Å². The molecule has 5 nitrogen and oxygen atoms in total. The molecule has 0 atom stereocenters. The van der Waals surface area contributed by atoms with E-state index in [4.69, 9.17) is 5.11 Å². The molecule has 3 rings (SSSR count). The van der Waals surface area contributed by atoms with Gasteiger partial charge < -0.3 is 15.3 Å². The molecule has 23 heavy (non-hydrogen) atoms. The van der Waals surface area contributed by atoms with Crippen LogP contribution in [0.1, 0.15) is 41.6 Å². The summed E-state index contributed by atoms with van der Waals surface area (Å²) < 4.78 is 0. The summed E-state index contributed by atoms with van der Waals surface area (Å²) >= 11 is 0. The van der Waals surface area contributed by atoms with Crippen molar-refractivity contribution in [2.24, 2.45) is 5.41 Å². The van der Waals surface area contributed by atoms with Crippen molar-refractivity contribution in [2.45, 2.75) is 32.2 Å². The van der Waals surface area contributed by atoms with E-state index in [2.05, 4.69) is 5.32 Å². The smallest absolute Gasteiger partial charge is 0.335 e. The van der Waals surface area contributed by atoms with Crippen LogP contribution in [-0.4, -0.2) is 41.5 Å². The number of amides is 1. The topological polar surface area (TPSA) is 69.6 Å². The van der Waals surface area contributed by atoms with Crippen molar-refractivity contribution in [3.05, 3.63) is 35.4 Å². The minimum Gasteiger partial charge on any atom is -0.478 e. The molecule has 1 aromatic rings. The van der Waals surface area contributed by atoms with Crippen molar-refractivity contribution in [2.75, 3.05) is 19.6 Å².